The summed E-state index contributed by atoms with van der Waals surface area (Å²) in [6.45, 7) is 3.76. The third kappa shape index (κ3) is 2.98. The minimum absolute atomic E-state index is 0.508. The van der Waals surface area contributed by atoms with Crippen LogP contribution in [-0.2, 0) is 12.3 Å². The molecule has 3 nitrogen and oxygen atoms in total. The van der Waals surface area contributed by atoms with Crippen LogP contribution in [0.25, 0.3) is 0 Å². The highest BCUT2D eigenvalue weighted by atomic mass is 35.5. The molecule has 2 aromatic rings. The highest BCUT2D eigenvalue weighted by Gasteiger charge is 2.19. The van der Waals surface area contributed by atoms with Crippen molar-refractivity contribution in [1.82, 2.24) is 4.98 Å². The molecule has 0 amide bonds. The zero-order valence-electron chi connectivity index (χ0n) is 12.2. The smallest absolute Gasteiger partial charge is 0.142 e. The fourth-order valence-corrected chi connectivity index (χ4v) is 2.75. The lowest BCUT2D eigenvalue weighted by atomic mass is 10.2. The van der Waals surface area contributed by atoms with E-state index < -0.39 is 0 Å². The molecule has 0 unspecified atom stereocenters. The predicted molar refractivity (Wildman–Crippen MR) is 86.7 cm³/mol. The molecule has 1 aromatic carbocycles. The van der Waals surface area contributed by atoms with E-state index in [1.165, 1.54) is 0 Å². The normalized spacial score (nSPS) is 14.3. The molecule has 2 heterocycles. The number of aromatic nitrogens is 1. The Balaban J connectivity index is 2.07. The molecule has 3 rings (SSSR count). The molecule has 1 aliphatic heterocycles. The topological polar surface area (TPSA) is 25.4 Å². The van der Waals surface area contributed by atoms with Crippen LogP contribution in [0.15, 0.2) is 36.4 Å². The average Bonchev–Trinajstić information content (AvgIpc) is 2.76. The molecule has 1 aliphatic rings. The summed E-state index contributed by atoms with van der Waals surface area (Å²) in [5.74, 6) is 2.39. The van der Waals surface area contributed by atoms with Gasteiger partial charge in [-0.25, -0.2) is 4.98 Å². The summed E-state index contributed by atoms with van der Waals surface area (Å²) < 4.78 is 5.82. The fourth-order valence-electron chi connectivity index (χ4n) is 2.60. The van der Waals surface area contributed by atoms with Crippen LogP contribution in [0.5, 0.6) is 5.75 Å². The Morgan fingerprint density at radius 1 is 1.29 bits per heavy atom. The lowest BCUT2D eigenvalue weighted by Gasteiger charge is -2.23. The van der Waals surface area contributed by atoms with Gasteiger partial charge in [-0.05, 0) is 42.7 Å². The van der Waals surface area contributed by atoms with Gasteiger partial charge < -0.3 is 9.64 Å². The summed E-state index contributed by atoms with van der Waals surface area (Å²) in [6.07, 6.45) is 1.88. The van der Waals surface area contributed by atoms with Crippen LogP contribution in [0.1, 0.15) is 24.6 Å². The van der Waals surface area contributed by atoms with E-state index in [9.17, 15) is 0 Å². The second-order valence-electron chi connectivity index (χ2n) is 5.13. The van der Waals surface area contributed by atoms with E-state index in [2.05, 4.69) is 30.0 Å². The summed E-state index contributed by atoms with van der Waals surface area (Å²) in [7, 11) is 0. The number of aryl methyl sites for hydroxylation is 1. The van der Waals surface area contributed by atoms with Gasteiger partial charge in [-0.2, -0.15) is 0 Å². The monoisotopic (exact) mass is 302 g/mol. The molecule has 0 atom stereocenters. The van der Waals surface area contributed by atoms with E-state index in [0.717, 1.165) is 54.5 Å². The minimum Gasteiger partial charge on any atom is -0.491 e. The lowest BCUT2D eigenvalue weighted by Crippen LogP contribution is -2.19. The van der Waals surface area contributed by atoms with Gasteiger partial charge in [0.15, 0.2) is 0 Å². The van der Waals surface area contributed by atoms with Crippen LogP contribution < -0.4 is 9.64 Å². The summed E-state index contributed by atoms with van der Waals surface area (Å²) >= 11 is 6.03. The molecule has 0 bridgehead atoms. The van der Waals surface area contributed by atoms with Gasteiger partial charge in [0.25, 0.3) is 0 Å². The van der Waals surface area contributed by atoms with Gasteiger partial charge in [0.1, 0.15) is 11.6 Å². The van der Waals surface area contributed by atoms with Crippen LogP contribution >= 0.6 is 11.6 Å². The number of benzene rings is 1. The number of hydrogen-bond donors (Lipinski definition) is 0. The van der Waals surface area contributed by atoms with Crippen LogP contribution in [0.4, 0.5) is 11.5 Å². The maximum atomic E-state index is 6.03. The van der Waals surface area contributed by atoms with Crippen molar-refractivity contribution in [3.63, 3.8) is 0 Å². The molecular weight excluding hydrogens is 284 g/mol. The maximum Gasteiger partial charge on any atom is 0.142 e. The van der Waals surface area contributed by atoms with Crippen molar-refractivity contribution < 1.29 is 4.74 Å². The minimum atomic E-state index is 0.508. The first-order valence-electron chi connectivity index (χ1n) is 7.37. The standard InChI is InChI=1S/C17H19ClN2O/c1-2-14-10-13(12-18)11-17(19-14)20-8-5-9-21-16-7-4-3-6-15(16)20/h3-4,6-7,10-11H,2,5,8-9,12H2,1H3. The first-order chi connectivity index (χ1) is 10.3. The van der Waals surface area contributed by atoms with Crippen molar-refractivity contribution in [3.05, 3.63) is 47.7 Å². The van der Waals surface area contributed by atoms with E-state index in [1.54, 1.807) is 0 Å². The van der Waals surface area contributed by atoms with Crippen LogP contribution in [0.2, 0.25) is 0 Å². The summed E-state index contributed by atoms with van der Waals surface area (Å²) in [5, 5.41) is 0. The molecule has 21 heavy (non-hydrogen) atoms. The number of pyridine rings is 1. The molecule has 0 saturated carbocycles. The SMILES string of the molecule is CCc1cc(CCl)cc(N2CCCOc3ccccc32)n1. The van der Waals surface area contributed by atoms with Gasteiger partial charge in [0.05, 0.1) is 12.3 Å². The van der Waals surface area contributed by atoms with E-state index in [-0.39, 0.29) is 0 Å². The summed E-state index contributed by atoms with van der Waals surface area (Å²) in [4.78, 5) is 7.01. The number of anilines is 2. The quantitative estimate of drug-likeness (QED) is 0.790. The first kappa shape index (κ1) is 14.2. The predicted octanol–water partition coefficient (Wildman–Crippen LogP) is 4.30. The third-order valence-electron chi connectivity index (χ3n) is 3.66. The number of hydrogen-bond acceptors (Lipinski definition) is 3. The highest BCUT2D eigenvalue weighted by molar-refractivity contribution is 6.17. The molecule has 110 valence electrons. The average molecular weight is 303 g/mol. The van der Waals surface area contributed by atoms with Crippen molar-refractivity contribution in [2.45, 2.75) is 25.6 Å². The first-order valence-corrected chi connectivity index (χ1v) is 7.90. The maximum absolute atomic E-state index is 6.03. The molecule has 0 fully saturated rings. The Morgan fingerprint density at radius 2 is 2.14 bits per heavy atom. The molecule has 0 radical (unpaired) electrons. The zero-order valence-corrected chi connectivity index (χ0v) is 12.9. The van der Waals surface area contributed by atoms with E-state index >= 15 is 0 Å². The van der Waals surface area contributed by atoms with Crippen molar-refractivity contribution in [2.75, 3.05) is 18.1 Å². The van der Waals surface area contributed by atoms with Crippen molar-refractivity contribution in [3.8, 4) is 5.75 Å². The molecule has 0 N–H and O–H groups in total. The molecule has 1 aromatic heterocycles. The Labute approximate surface area is 130 Å². The number of para-hydroxylation sites is 2. The van der Waals surface area contributed by atoms with Gasteiger partial charge in [0.2, 0.25) is 0 Å². The van der Waals surface area contributed by atoms with Gasteiger partial charge in [-0.3, -0.25) is 0 Å². The van der Waals surface area contributed by atoms with Crippen LogP contribution in [0, 0.1) is 0 Å². The van der Waals surface area contributed by atoms with Crippen molar-refractivity contribution in [1.29, 1.82) is 0 Å². The highest BCUT2D eigenvalue weighted by Crippen LogP contribution is 2.35. The second kappa shape index (κ2) is 6.35. The van der Waals surface area contributed by atoms with Crippen molar-refractivity contribution >= 4 is 23.1 Å². The molecule has 0 aliphatic carbocycles. The Hall–Kier alpha value is -1.74. The number of alkyl halides is 1. The Morgan fingerprint density at radius 3 is 2.95 bits per heavy atom. The number of nitrogens with zero attached hydrogens (tertiary/aromatic N) is 2. The number of fused-ring (bicyclic) bond motifs is 1. The van der Waals surface area contributed by atoms with Gasteiger partial charge in [-0.15, -0.1) is 11.6 Å². The van der Waals surface area contributed by atoms with Gasteiger partial charge >= 0.3 is 0 Å². The molecule has 0 saturated heterocycles. The molecule has 4 heteroatoms. The van der Waals surface area contributed by atoms with Gasteiger partial charge in [0, 0.05) is 18.1 Å². The van der Waals surface area contributed by atoms with Crippen molar-refractivity contribution in [2.24, 2.45) is 0 Å². The van der Waals surface area contributed by atoms with Gasteiger partial charge in [-0.1, -0.05) is 19.1 Å². The van der Waals surface area contributed by atoms with Crippen LogP contribution in [-0.4, -0.2) is 18.1 Å². The fraction of sp³-hybridized carbons (Fsp3) is 0.353. The number of rotatable bonds is 3. The van der Waals surface area contributed by atoms with E-state index in [4.69, 9.17) is 21.3 Å². The number of halogens is 1. The van der Waals surface area contributed by atoms with E-state index in [0.29, 0.717) is 5.88 Å². The Kier molecular flexibility index (Phi) is 4.30. The van der Waals surface area contributed by atoms with Crippen LogP contribution in [0.3, 0.4) is 0 Å². The second-order valence-corrected chi connectivity index (χ2v) is 5.40. The Bertz CT molecular complexity index is 608. The molecule has 0 spiro atoms. The lowest BCUT2D eigenvalue weighted by molar-refractivity contribution is 0.322. The summed E-state index contributed by atoms with van der Waals surface area (Å²) in [5.41, 5.74) is 3.27. The van der Waals surface area contributed by atoms with E-state index in [1.807, 2.05) is 18.2 Å². The third-order valence-corrected chi connectivity index (χ3v) is 3.97. The zero-order chi connectivity index (χ0) is 14.7. The molecular formula is C17H19ClN2O. The summed E-state index contributed by atoms with van der Waals surface area (Å²) in [6, 6.07) is 12.3. The number of ether oxygens (including phenoxy) is 1. The largest absolute Gasteiger partial charge is 0.491 e.